The smallest absolute Gasteiger partial charge is 0.297 e. The maximum Gasteiger partial charge on any atom is 0.297 e. The van der Waals surface area contributed by atoms with Crippen LogP contribution in [0.5, 0.6) is 51.7 Å². The summed E-state index contributed by atoms with van der Waals surface area (Å²) >= 11 is 0. The molecule has 0 spiro atoms. The van der Waals surface area contributed by atoms with Crippen LogP contribution in [0.15, 0.2) is 176 Å². The first-order valence-corrected chi connectivity index (χ1v) is 34.7. The summed E-state index contributed by atoms with van der Waals surface area (Å²) in [5, 5.41) is 36.3. The van der Waals surface area contributed by atoms with Gasteiger partial charge in [0.25, 0.3) is 27.8 Å². The van der Waals surface area contributed by atoms with Gasteiger partial charge in [-0.15, -0.1) is 18.4 Å². The van der Waals surface area contributed by atoms with Gasteiger partial charge in [0.05, 0.1) is 70.2 Å². The SMILES string of the molecule is COc1c(OC)c2ccc(C)cc2n(C)c1=O.COc1c(OC)c2ccc(N(C)C)cc2n(C)c1=O.COc1c(OC)c2ccc(N)cc2n(C)c1=O.C[N-]c1cc(C)ccc1C.Cc1ccc(C)c(N)c1.Cc1ccc(C)c([NH-])c1.Cc1ccc2c(O)c(O)c(=O)n(C)c2c1.Cc1ccc2c(O)cc(=O)n(C)c2c1.[Ac].[Ac].[Ac]. The van der Waals surface area contributed by atoms with E-state index in [1.165, 1.54) is 79.1 Å². The molecule has 0 saturated carbocycles. The molecule has 8 aromatic carbocycles. The van der Waals surface area contributed by atoms with Crippen molar-refractivity contribution in [3.63, 3.8) is 0 Å². The Morgan fingerprint density at radius 1 is 0.363 bits per heavy atom. The molecule has 0 aliphatic carbocycles. The van der Waals surface area contributed by atoms with Crippen LogP contribution < -0.4 is 72.6 Å². The van der Waals surface area contributed by atoms with Gasteiger partial charge in [-0.25, -0.2) is 0 Å². The number of methoxy groups -OCH3 is 6. The molecule has 8 N–H and O–H groups in total. The predicted molar refractivity (Wildman–Crippen MR) is 448 cm³/mol. The molecule has 5 heterocycles. The van der Waals surface area contributed by atoms with E-state index in [1.807, 2.05) is 172 Å². The van der Waals surface area contributed by atoms with E-state index in [1.54, 1.807) is 68.6 Å². The van der Waals surface area contributed by atoms with Gasteiger partial charge in [0.1, 0.15) is 5.75 Å². The summed E-state index contributed by atoms with van der Waals surface area (Å²) in [6.07, 6.45) is 0. The van der Waals surface area contributed by atoms with Crippen molar-refractivity contribution in [3.8, 4) is 51.7 Å². The molecule has 13 rings (SSSR count). The number of benzene rings is 8. The molecule has 0 unspecified atom stereocenters. The Labute approximate surface area is 766 Å². The average molecular weight is 2180 g/mol. The van der Waals surface area contributed by atoms with Crippen molar-refractivity contribution in [1.29, 1.82) is 0 Å². The first-order valence-electron chi connectivity index (χ1n) is 34.7. The number of aromatic nitrogens is 5. The molecular formula is C86H102Ac3N10O14-2. The molecule has 13 aromatic rings. The van der Waals surface area contributed by atoms with Crippen molar-refractivity contribution in [2.45, 2.75) is 62.3 Å². The minimum absolute atomic E-state index is 0. The summed E-state index contributed by atoms with van der Waals surface area (Å²) in [6, 6.07) is 47.4. The Morgan fingerprint density at radius 2 is 0.699 bits per heavy atom. The monoisotopic (exact) mass is 2180 g/mol. The molecule has 24 nitrogen and oxygen atoms in total. The van der Waals surface area contributed by atoms with E-state index < -0.39 is 11.3 Å². The van der Waals surface area contributed by atoms with E-state index in [9.17, 15) is 39.3 Å². The number of rotatable bonds is 8. The van der Waals surface area contributed by atoms with Crippen LogP contribution in [0.2, 0.25) is 0 Å². The number of anilines is 3. The van der Waals surface area contributed by atoms with Crippen LogP contribution in [0.4, 0.5) is 28.4 Å². The molecule has 591 valence electrons. The average Bonchev–Trinajstić information content (AvgIpc) is 0.766. The molecule has 27 heteroatoms. The first kappa shape index (κ1) is 98.5. The molecule has 0 aliphatic heterocycles. The summed E-state index contributed by atoms with van der Waals surface area (Å²) in [7, 11) is 23.1. The second-order valence-electron chi connectivity index (χ2n) is 26.4. The van der Waals surface area contributed by atoms with Gasteiger partial charge >= 0.3 is 0 Å². The van der Waals surface area contributed by atoms with Crippen molar-refractivity contribution in [2.24, 2.45) is 35.2 Å². The molecule has 0 fully saturated rings. The van der Waals surface area contributed by atoms with E-state index in [-0.39, 0.29) is 183 Å². The van der Waals surface area contributed by atoms with Gasteiger partial charge in [-0.3, -0.25) is 24.0 Å². The molecule has 0 bridgehead atoms. The third kappa shape index (κ3) is 24.2. The van der Waals surface area contributed by atoms with Gasteiger partial charge in [-0.1, -0.05) is 89.0 Å². The summed E-state index contributed by atoms with van der Waals surface area (Å²) < 4.78 is 38.7. The number of ether oxygens (including phenoxy) is 6. The molecule has 0 aliphatic rings. The minimum Gasteiger partial charge on any atom is -0.698 e. The van der Waals surface area contributed by atoms with Crippen LogP contribution in [0.25, 0.3) is 65.6 Å². The van der Waals surface area contributed by atoms with Crippen molar-refractivity contribution in [1.82, 2.24) is 22.8 Å². The summed E-state index contributed by atoms with van der Waals surface area (Å²) in [5.74, 6) is 1.17. The standard InChI is InChI=1S/C14H18N2O3.C13H15NO3.C12H14N2O3.C11H11NO3.C11H11NO2.C9H12N.C8H11N.C8H10N.3Ac/c1-15(2)9-6-7-10-11(8-9)16(3)14(17)13(19-5)12(10)18-4;1-8-5-6-9-10(7-8)14(2)13(15)12(17-4)11(9)16-3;1-14-9-6-7(13)4-5-8(9)10(16-2)11(17-3)12(14)15;1-6-3-4-7-8(5-6)12(2)11(15)10(14)9(7)13;1-7-3-4-8-9(5-7)12(2)11(14)6-10(8)13;1-7-4-5-8(2)9(6-7)10-3;2*1-6-3-4-7(2)8(9)5-6;;;/h6-8H,1-5H3;5-7H,1-4H3;4-6H,13H2,1-3H3;3-5,13-14H,1-2H3;3-6,13H,1-2H3;4-6H,1-3H3;3-5H,9H2,1-2H3;3-5,9H,1-2H3;;;/q;;;;;-1;;-1;;;. The zero-order valence-corrected chi connectivity index (χ0v) is 83.0. The van der Waals surface area contributed by atoms with Crippen LogP contribution in [0.3, 0.4) is 0 Å². The molecule has 113 heavy (non-hydrogen) atoms. The van der Waals surface area contributed by atoms with Gasteiger partial charge in [-0.05, 0) is 169 Å². The molecule has 3 radical (unpaired) electrons. The number of nitrogens with zero attached hydrogens (tertiary/aromatic N) is 7. The Morgan fingerprint density at radius 3 is 1.10 bits per heavy atom. The van der Waals surface area contributed by atoms with Gasteiger partial charge in [0.2, 0.25) is 23.0 Å². The maximum absolute atomic E-state index is 12.2. The van der Waals surface area contributed by atoms with Crippen molar-refractivity contribution >= 4 is 83.0 Å². The molecule has 0 atom stereocenters. The van der Waals surface area contributed by atoms with Gasteiger partial charge in [-0.2, -0.15) is 0 Å². The Kier molecular flexibility index (Phi) is 39.1. The van der Waals surface area contributed by atoms with Crippen molar-refractivity contribution in [2.75, 3.05) is 80.2 Å². The Bertz CT molecular complexity index is 5670. The number of aryl methyl sites for hydroxylation is 14. The number of hydrogen-bond donors (Lipinski definition) is 5. The third-order valence-corrected chi connectivity index (χ3v) is 18.1. The van der Waals surface area contributed by atoms with E-state index in [0.29, 0.717) is 50.4 Å². The first-order chi connectivity index (χ1) is 51.9. The maximum atomic E-state index is 12.2. The van der Waals surface area contributed by atoms with Crippen LogP contribution in [0.1, 0.15) is 50.1 Å². The fourth-order valence-corrected chi connectivity index (χ4v) is 11.6. The number of nitrogens with one attached hydrogen (secondary N) is 1. The molecular weight excluding hydrogens is 2080 g/mol. The van der Waals surface area contributed by atoms with Gasteiger partial charge in [0.15, 0.2) is 23.0 Å². The van der Waals surface area contributed by atoms with Gasteiger partial charge < -0.3 is 94.0 Å². The molecule has 0 saturated heterocycles. The number of aromatic hydroxyl groups is 3. The number of fused-ring (bicyclic) bond motifs is 5. The second-order valence-corrected chi connectivity index (χ2v) is 26.4. The fraction of sp³-hybridized carbons (Fsp3) is 0.267. The minimum atomic E-state index is -0.603. The van der Waals surface area contributed by atoms with Crippen LogP contribution in [0, 0.1) is 195 Å². The van der Waals surface area contributed by atoms with Crippen LogP contribution in [-0.4, -0.2) is 102 Å². The Hall–Kier alpha value is -8.67. The van der Waals surface area contributed by atoms with E-state index >= 15 is 0 Å². The van der Waals surface area contributed by atoms with E-state index in [0.717, 1.165) is 83.2 Å². The molecule has 5 aromatic heterocycles. The summed E-state index contributed by atoms with van der Waals surface area (Å²) in [6.45, 7) is 18.0. The topological polar surface area (TPSA) is 319 Å². The number of pyridine rings is 5. The zero-order chi connectivity index (χ0) is 82.0. The number of nitrogen functional groups attached to an aromatic ring is 2. The summed E-state index contributed by atoms with van der Waals surface area (Å²) in [4.78, 5) is 61.1. The summed E-state index contributed by atoms with van der Waals surface area (Å²) in [5.41, 5.74) is 35.5. The van der Waals surface area contributed by atoms with Crippen LogP contribution in [-0.2, 0) is 35.2 Å². The number of nitrogens with two attached hydrogens (primary N) is 2. The van der Waals surface area contributed by atoms with E-state index in [4.69, 9.17) is 45.6 Å². The second kappa shape index (κ2) is 44.8. The van der Waals surface area contributed by atoms with Crippen LogP contribution >= 0.6 is 0 Å². The third-order valence-electron chi connectivity index (χ3n) is 18.1. The zero-order valence-electron chi connectivity index (χ0n) is 68.8. The van der Waals surface area contributed by atoms with Crippen molar-refractivity contribution < 1.29 is 176 Å². The molecule has 0 amide bonds. The van der Waals surface area contributed by atoms with E-state index in [2.05, 4.69) is 43.4 Å². The normalized spacial score (nSPS) is 10.1. The largest absolute Gasteiger partial charge is 0.698 e. The number of hydrogen-bond acceptors (Lipinski definition) is 17. The van der Waals surface area contributed by atoms with Crippen molar-refractivity contribution in [3.05, 3.63) is 265 Å². The Balaban J connectivity index is 0.000000337. The quantitative estimate of drug-likeness (QED) is 0.0883. The fourth-order valence-electron chi connectivity index (χ4n) is 11.6. The predicted octanol–water partition coefficient (Wildman–Crippen LogP) is 15.2. The van der Waals surface area contributed by atoms with Gasteiger partial charge in [0, 0.05) is 232 Å².